The Bertz CT molecular complexity index is 658. The van der Waals surface area contributed by atoms with Gasteiger partial charge in [0, 0.05) is 19.2 Å². The first-order chi connectivity index (χ1) is 10.0. The van der Waals surface area contributed by atoms with Crippen LogP contribution >= 0.6 is 11.6 Å². The first kappa shape index (κ1) is 15.2. The maximum atomic E-state index is 12.4. The number of benzene rings is 2. The van der Waals surface area contributed by atoms with E-state index < -0.39 is 0 Å². The third-order valence-electron chi connectivity index (χ3n) is 3.15. The molecule has 0 saturated carbocycles. The molecule has 1 amide bonds. The summed E-state index contributed by atoms with van der Waals surface area (Å²) in [4.78, 5) is 14.0. The zero-order valence-corrected chi connectivity index (χ0v) is 12.7. The van der Waals surface area contributed by atoms with Gasteiger partial charge in [-0.05, 0) is 35.9 Å². The van der Waals surface area contributed by atoms with Crippen LogP contribution in [0.2, 0.25) is 5.02 Å². The van der Waals surface area contributed by atoms with Crippen molar-refractivity contribution in [3.05, 3.63) is 58.6 Å². The van der Waals surface area contributed by atoms with Gasteiger partial charge in [-0.1, -0.05) is 23.7 Å². The molecule has 2 rings (SSSR count). The molecule has 0 aliphatic rings. The van der Waals surface area contributed by atoms with Gasteiger partial charge in [0.1, 0.15) is 5.75 Å². The smallest absolute Gasteiger partial charge is 0.253 e. The van der Waals surface area contributed by atoms with Crippen LogP contribution < -0.4 is 10.5 Å². The number of nitrogens with two attached hydrogens (primary N) is 1. The lowest BCUT2D eigenvalue weighted by atomic mass is 10.1. The van der Waals surface area contributed by atoms with Crippen molar-refractivity contribution in [2.45, 2.75) is 6.54 Å². The minimum atomic E-state index is -0.111. The van der Waals surface area contributed by atoms with E-state index in [4.69, 9.17) is 22.1 Å². The Morgan fingerprint density at radius 3 is 2.71 bits per heavy atom. The van der Waals surface area contributed by atoms with Crippen LogP contribution in [-0.4, -0.2) is 25.0 Å². The van der Waals surface area contributed by atoms with E-state index in [2.05, 4.69) is 0 Å². The van der Waals surface area contributed by atoms with Crippen molar-refractivity contribution in [3.8, 4) is 5.75 Å². The summed E-state index contributed by atoms with van der Waals surface area (Å²) >= 11 is 5.95. The molecule has 0 saturated heterocycles. The molecule has 0 aromatic heterocycles. The molecule has 0 spiro atoms. The van der Waals surface area contributed by atoms with Gasteiger partial charge >= 0.3 is 0 Å². The molecule has 2 aromatic rings. The topological polar surface area (TPSA) is 55.6 Å². The first-order valence-corrected chi connectivity index (χ1v) is 6.82. The average molecular weight is 305 g/mol. The van der Waals surface area contributed by atoms with Gasteiger partial charge in [0.2, 0.25) is 0 Å². The summed E-state index contributed by atoms with van der Waals surface area (Å²) in [6, 6.07) is 12.5. The number of hydrogen-bond acceptors (Lipinski definition) is 3. The van der Waals surface area contributed by atoms with Crippen LogP contribution in [-0.2, 0) is 6.54 Å². The van der Waals surface area contributed by atoms with Crippen molar-refractivity contribution >= 4 is 23.2 Å². The monoisotopic (exact) mass is 304 g/mol. The number of carbonyl (C=O) groups is 1. The summed E-state index contributed by atoms with van der Waals surface area (Å²) < 4.78 is 5.18. The second-order valence-electron chi connectivity index (χ2n) is 4.75. The van der Waals surface area contributed by atoms with E-state index in [9.17, 15) is 4.79 Å². The van der Waals surface area contributed by atoms with Crippen LogP contribution in [0.25, 0.3) is 0 Å². The molecule has 110 valence electrons. The van der Waals surface area contributed by atoms with Crippen LogP contribution in [0.1, 0.15) is 15.9 Å². The number of halogens is 1. The molecular weight excluding hydrogens is 288 g/mol. The Kier molecular flexibility index (Phi) is 4.70. The zero-order valence-electron chi connectivity index (χ0n) is 12.0. The summed E-state index contributed by atoms with van der Waals surface area (Å²) in [6.45, 7) is 0.484. The molecule has 21 heavy (non-hydrogen) atoms. The van der Waals surface area contributed by atoms with Crippen LogP contribution in [0.15, 0.2) is 42.5 Å². The number of methoxy groups -OCH3 is 1. The fourth-order valence-corrected chi connectivity index (χ4v) is 2.18. The predicted molar refractivity (Wildman–Crippen MR) is 84.7 cm³/mol. The van der Waals surface area contributed by atoms with E-state index in [1.807, 2.05) is 24.3 Å². The molecule has 0 aliphatic heterocycles. The van der Waals surface area contributed by atoms with Crippen molar-refractivity contribution < 1.29 is 9.53 Å². The molecule has 0 bridgehead atoms. The molecule has 0 heterocycles. The first-order valence-electron chi connectivity index (χ1n) is 6.44. The summed E-state index contributed by atoms with van der Waals surface area (Å²) in [5.74, 6) is 0.656. The lowest BCUT2D eigenvalue weighted by molar-refractivity contribution is 0.0785. The Labute approximate surface area is 129 Å². The highest BCUT2D eigenvalue weighted by atomic mass is 35.5. The molecule has 0 fully saturated rings. The van der Waals surface area contributed by atoms with E-state index >= 15 is 0 Å². The largest absolute Gasteiger partial charge is 0.497 e. The third kappa shape index (κ3) is 3.67. The SMILES string of the molecule is COc1cccc(CN(C)C(=O)c2ccc(N)c(Cl)c2)c1. The van der Waals surface area contributed by atoms with Gasteiger partial charge in [-0.2, -0.15) is 0 Å². The van der Waals surface area contributed by atoms with E-state index in [0.29, 0.717) is 22.8 Å². The van der Waals surface area contributed by atoms with Gasteiger partial charge < -0.3 is 15.4 Å². The molecule has 2 N–H and O–H groups in total. The molecule has 4 nitrogen and oxygen atoms in total. The standard InChI is InChI=1S/C16H17ClN2O2/c1-19(10-11-4-3-5-13(8-11)21-2)16(20)12-6-7-15(18)14(17)9-12/h3-9H,10,18H2,1-2H3. The lowest BCUT2D eigenvalue weighted by Crippen LogP contribution is -2.26. The Morgan fingerprint density at radius 1 is 1.29 bits per heavy atom. The number of amides is 1. The number of rotatable bonds is 4. The Balaban J connectivity index is 2.13. The molecule has 0 radical (unpaired) electrons. The molecule has 5 heteroatoms. The molecule has 0 aliphatic carbocycles. The van der Waals surface area contributed by atoms with Crippen LogP contribution in [0.3, 0.4) is 0 Å². The van der Waals surface area contributed by atoms with Gasteiger partial charge in [-0.15, -0.1) is 0 Å². The highest BCUT2D eigenvalue weighted by Gasteiger charge is 2.13. The van der Waals surface area contributed by atoms with Crippen LogP contribution in [0.4, 0.5) is 5.69 Å². The van der Waals surface area contributed by atoms with Crippen LogP contribution in [0, 0.1) is 0 Å². The number of carbonyl (C=O) groups excluding carboxylic acids is 1. The van der Waals surface area contributed by atoms with Crippen molar-refractivity contribution in [3.63, 3.8) is 0 Å². The minimum absolute atomic E-state index is 0.111. The maximum Gasteiger partial charge on any atom is 0.253 e. The van der Waals surface area contributed by atoms with Gasteiger partial charge in [-0.25, -0.2) is 0 Å². The number of hydrogen-bond donors (Lipinski definition) is 1. The predicted octanol–water partition coefficient (Wildman–Crippen LogP) is 3.20. The van der Waals surface area contributed by atoms with Crippen molar-refractivity contribution in [2.24, 2.45) is 0 Å². The van der Waals surface area contributed by atoms with Crippen molar-refractivity contribution in [1.29, 1.82) is 0 Å². The van der Waals surface area contributed by atoms with Crippen LogP contribution in [0.5, 0.6) is 5.75 Å². The Morgan fingerprint density at radius 2 is 2.05 bits per heavy atom. The number of ether oxygens (including phenoxy) is 1. The van der Waals surface area contributed by atoms with E-state index in [1.54, 1.807) is 37.3 Å². The third-order valence-corrected chi connectivity index (χ3v) is 3.48. The number of nitrogen functional groups attached to an aromatic ring is 1. The Hall–Kier alpha value is -2.20. The highest BCUT2D eigenvalue weighted by Crippen LogP contribution is 2.21. The fraction of sp³-hybridized carbons (Fsp3) is 0.188. The van der Waals surface area contributed by atoms with Gasteiger partial charge in [0.05, 0.1) is 17.8 Å². The minimum Gasteiger partial charge on any atom is -0.497 e. The molecule has 0 unspecified atom stereocenters. The zero-order chi connectivity index (χ0) is 15.4. The maximum absolute atomic E-state index is 12.4. The lowest BCUT2D eigenvalue weighted by Gasteiger charge is -2.18. The molecule has 2 aromatic carbocycles. The fourth-order valence-electron chi connectivity index (χ4n) is 2.00. The van der Waals surface area contributed by atoms with Gasteiger partial charge in [-0.3, -0.25) is 4.79 Å². The number of anilines is 1. The summed E-state index contributed by atoms with van der Waals surface area (Å²) in [5.41, 5.74) is 7.62. The summed E-state index contributed by atoms with van der Waals surface area (Å²) in [6.07, 6.45) is 0. The summed E-state index contributed by atoms with van der Waals surface area (Å²) in [7, 11) is 3.36. The molecular formula is C16H17ClN2O2. The second kappa shape index (κ2) is 6.50. The quantitative estimate of drug-likeness (QED) is 0.883. The van der Waals surface area contributed by atoms with E-state index in [-0.39, 0.29) is 5.91 Å². The van der Waals surface area contributed by atoms with Crippen molar-refractivity contribution in [2.75, 3.05) is 19.9 Å². The van der Waals surface area contributed by atoms with Gasteiger partial charge in [0.25, 0.3) is 5.91 Å². The normalized spacial score (nSPS) is 10.2. The van der Waals surface area contributed by atoms with Gasteiger partial charge in [0.15, 0.2) is 0 Å². The highest BCUT2D eigenvalue weighted by molar-refractivity contribution is 6.33. The summed E-state index contributed by atoms with van der Waals surface area (Å²) in [5, 5.41) is 0.385. The van der Waals surface area contributed by atoms with E-state index in [1.165, 1.54) is 0 Å². The average Bonchev–Trinajstić information content (AvgIpc) is 2.49. The van der Waals surface area contributed by atoms with Crippen molar-refractivity contribution in [1.82, 2.24) is 4.90 Å². The second-order valence-corrected chi connectivity index (χ2v) is 5.16. The van der Waals surface area contributed by atoms with E-state index in [0.717, 1.165) is 11.3 Å². The number of nitrogens with zero attached hydrogens (tertiary/aromatic N) is 1. The molecule has 0 atom stereocenters.